The number of carboxylic acids is 1. The summed E-state index contributed by atoms with van der Waals surface area (Å²) in [4.78, 5) is 25.4. The third-order valence-electron chi connectivity index (χ3n) is 4.05. The number of carbonyl (C=O) groups excluding carboxylic acids is 1. The molecule has 1 fully saturated rings. The van der Waals surface area contributed by atoms with Crippen LogP contribution in [0.25, 0.3) is 0 Å². The third kappa shape index (κ3) is 2.14. The summed E-state index contributed by atoms with van der Waals surface area (Å²) >= 11 is 0. The number of nitrogens with two attached hydrogens (primary N) is 1. The van der Waals surface area contributed by atoms with Crippen LogP contribution in [0.15, 0.2) is 12.2 Å². The lowest BCUT2D eigenvalue weighted by Crippen LogP contribution is -2.58. The second-order valence-electron chi connectivity index (χ2n) is 5.42. The van der Waals surface area contributed by atoms with Gasteiger partial charge in [0.1, 0.15) is 5.54 Å². The van der Waals surface area contributed by atoms with Crippen molar-refractivity contribution in [1.29, 1.82) is 0 Å². The van der Waals surface area contributed by atoms with Crippen molar-refractivity contribution in [2.45, 2.75) is 44.2 Å². The van der Waals surface area contributed by atoms with E-state index in [0.717, 1.165) is 12.8 Å². The molecule has 1 saturated heterocycles. The Morgan fingerprint density at radius 3 is 2.67 bits per heavy atom. The normalized spacial score (nSPS) is 35.8. The Kier molecular flexibility index (Phi) is 3.43. The highest BCUT2D eigenvalue weighted by atomic mass is 16.4. The number of rotatable bonds is 2. The van der Waals surface area contributed by atoms with E-state index in [0.29, 0.717) is 19.4 Å². The molecule has 100 valence electrons. The van der Waals surface area contributed by atoms with Crippen molar-refractivity contribution < 1.29 is 14.7 Å². The summed E-state index contributed by atoms with van der Waals surface area (Å²) in [5.41, 5.74) is 4.69. The number of hydrogen-bond donors (Lipinski definition) is 2. The van der Waals surface area contributed by atoms with Gasteiger partial charge >= 0.3 is 5.97 Å². The van der Waals surface area contributed by atoms with Gasteiger partial charge in [0.05, 0.1) is 5.92 Å². The summed E-state index contributed by atoms with van der Waals surface area (Å²) in [7, 11) is 0. The van der Waals surface area contributed by atoms with Gasteiger partial charge in [0.25, 0.3) is 0 Å². The first-order valence-corrected chi connectivity index (χ1v) is 6.44. The number of likely N-dealkylation sites (tertiary alicyclic amines) is 1. The lowest BCUT2D eigenvalue weighted by molar-refractivity contribution is -0.162. The highest BCUT2D eigenvalue weighted by Crippen LogP contribution is 2.31. The van der Waals surface area contributed by atoms with E-state index in [1.165, 1.54) is 4.90 Å². The monoisotopic (exact) mass is 252 g/mol. The second-order valence-corrected chi connectivity index (χ2v) is 5.42. The molecule has 1 aliphatic heterocycles. The summed E-state index contributed by atoms with van der Waals surface area (Å²) in [5, 5.41) is 9.38. The first-order valence-electron chi connectivity index (χ1n) is 6.44. The maximum Gasteiger partial charge on any atom is 0.329 e. The fourth-order valence-electron chi connectivity index (χ4n) is 2.81. The van der Waals surface area contributed by atoms with Gasteiger partial charge in [-0.2, -0.15) is 0 Å². The van der Waals surface area contributed by atoms with Crippen LogP contribution in [-0.2, 0) is 9.59 Å². The van der Waals surface area contributed by atoms with Gasteiger partial charge in [0.2, 0.25) is 5.91 Å². The van der Waals surface area contributed by atoms with Gasteiger partial charge in [-0.15, -0.1) is 0 Å². The molecule has 2 rings (SSSR count). The Bertz CT molecular complexity index is 394. The third-order valence-corrected chi connectivity index (χ3v) is 4.05. The predicted molar refractivity (Wildman–Crippen MR) is 66.8 cm³/mol. The van der Waals surface area contributed by atoms with Crippen LogP contribution in [0.1, 0.15) is 32.6 Å². The number of nitrogens with zero attached hydrogens (tertiary/aromatic N) is 1. The molecule has 18 heavy (non-hydrogen) atoms. The summed E-state index contributed by atoms with van der Waals surface area (Å²) in [6.45, 7) is 2.17. The molecular formula is C13H20N2O3. The average Bonchev–Trinajstić information content (AvgIpc) is 2.75. The number of carbonyl (C=O) groups is 2. The van der Waals surface area contributed by atoms with Crippen molar-refractivity contribution in [3.8, 4) is 0 Å². The molecule has 1 amide bonds. The molecule has 0 aromatic heterocycles. The van der Waals surface area contributed by atoms with Crippen molar-refractivity contribution in [3.05, 3.63) is 12.2 Å². The van der Waals surface area contributed by atoms with Crippen molar-refractivity contribution in [1.82, 2.24) is 4.90 Å². The van der Waals surface area contributed by atoms with Crippen LogP contribution >= 0.6 is 0 Å². The van der Waals surface area contributed by atoms with E-state index in [2.05, 4.69) is 0 Å². The van der Waals surface area contributed by atoms with E-state index in [1.807, 2.05) is 12.2 Å². The van der Waals surface area contributed by atoms with Gasteiger partial charge in [-0.25, -0.2) is 4.79 Å². The Morgan fingerprint density at radius 1 is 1.39 bits per heavy atom. The minimum atomic E-state index is -1.06. The minimum Gasteiger partial charge on any atom is -0.480 e. The molecule has 3 N–H and O–H groups in total. The number of piperidine rings is 1. The van der Waals surface area contributed by atoms with Crippen LogP contribution in [0.4, 0.5) is 0 Å². The number of aliphatic carboxylic acids is 1. The van der Waals surface area contributed by atoms with Crippen LogP contribution in [0.2, 0.25) is 0 Å². The van der Waals surface area contributed by atoms with Gasteiger partial charge < -0.3 is 15.7 Å². The van der Waals surface area contributed by atoms with Crippen LogP contribution in [-0.4, -0.2) is 40.0 Å². The second kappa shape index (κ2) is 4.72. The van der Waals surface area contributed by atoms with Crippen LogP contribution in [0, 0.1) is 5.92 Å². The van der Waals surface area contributed by atoms with E-state index in [9.17, 15) is 14.7 Å². The van der Waals surface area contributed by atoms with Crippen molar-refractivity contribution in [2.24, 2.45) is 11.7 Å². The fraction of sp³-hybridized carbons (Fsp3) is 0.692. The molecule has 1 heterocycles. The lowest BCUT2D eigenvalue weighted by atomic mass is 9.87. The van der Waals surface area contributed by atoms with E-state index in [4.69, 9.17) is 5.73 Å². The highest BCUT2D eigenvalue weighted by Gasteiger charge is 2.45. The van der Waals surface area contributed by atoms with Gasteiger partial charge in [-0.05, 0) is 32.6 Å². The zero-order valence-corrected chi connectivity index (χ0v) is 10.6. The molecule has 3 unspecified atom stereocenters. The van der Waals surface area contributed by atoms with E-state index >= 15 is 0 Å². The Morgan fingerprint density at radius 2 is 2.11 bits per heavy atom. The average molecular weight is 252 g/mol. The first kappa shape index (κ1) is 13.1. The van der Waals surface area contributed by atoms with E-state index in [1.54, 1.807) is 6.92 Å². The Balaban J connectivity index is 2.17. The molecule has 0 aromatic rings. The van der Waals surface area contributed by atoms with Crippen molar-refractivity contribution in [3.63, 3.8) is 0 Å². The van der Waals surface area contributed by atoms with E-state index in [-0.39, 0.29) is 17.9 Å². The van der Waals surface area contributed by atoms with E-state index < -0.39 is 11.5 Å². The van der Waals surface area contributed by atoms with Crippen molar-refractivity contribution in [2.75, 3.05) is 6.54 Å². The van der Waals surface area contributed by atoms with Crippen LogP contribution in [0.5, 0.6) is 0 Å². The molecule has 3 atom stereocenters. The predicted octanol–water partition coefficient (Wildman–Crippen LogP) is 0.746. The summed E-state index contributed by atoms with van der Waals surface area (Å²) < 4.78 is 0. The first-order chi connectivity index (χ1) is 8.45. The summed E-state index contributed by atoms with van der Waals surface area (Å²) in [6, 6.07) is -0.0835. The van der Waals surface area contributed by atoms with Crippen LogP contribution < -0.4 is 5.73 Å². The molecule has 0 bridgehead atoms. The van der Waals surface area contributed by atoms with Gasteiger partial charge in [0.15, 0.2) is 0 Å². The molecule has 0 radical (unpaired) electrons. The molecule has 0 spiro atoms. The molecule has 5 nitrogen and oxygen atoms in total. The number of amides is 1. The minimum absolute atomic E-state index is 0.0835. The quantitative estimate of drug-likeness (QED) is 0.710. The van der Waals surface area contributed by atoms with Crippen molar-refractivity contribution >= 4 is 11.9 Å². The fourth-order valence-corrected chi connectivity index (χ4v) is 2.81. The molecule has 2 aliphatic rings. The topological polar surface area (TPSA) is 83.6 Å². The maximum atomic E-state index is 12.4. The highest BCUT2D eigenvalue weighted by molar-refractivity contribution is 5.89. The van der Waals surface area contributed by atoms with Gasteiger partial charge in [-0.3, -0.25) is 4.79 Å². The van der Waals surface area contributed by atoms with Gasteiger partial charge in [-0.1, -0.05) is 12.2 Å². The number of hydrogen-bond acceptors (Lipinski definition) is 3. The molecular weight excluding hydrogens is 232 g/mol. The molecule has 1 aliphatic carbocycles. The molecule has 5 heteroatoms. The SMILES string of the molecule is CC1(C(=O)O)CCCCN1C(=O)C1C=CC(N)C1. The maximum absolute atomic E-state index is 12.4. The zero-order valence-electron chi connectivity index (χ0n) is 10.6. The standard InChI is InChI=1S/C13H20N2O3/c1-13(12(17)18)6-2-3-7-15(13)11(16)9-4-5-10(14)8-9/h4-5,9-10H,2-3,6-8,14H2,1H3,(H,17,18). The smallest absolute Gasteiger partial charge is 0.329 e. The van der Waals surface area contributed by atoms with Gasteiger partial charge in [0, 0.05) is 12.6 Å². The lowest BCUT2D eigenvalue weighted by Gasteiger charge is -2.42. The van der Waals surface area contributed by atoms with Crippen LogP contribution in [0.3, 0.4) is 0 Å². The number of carboxylic acid groups (broad SMARTS) is 1. The molecule has 0 aromatic carbocycles. The summed E-state index contributed by atoms with van der Waals surface area (Å²) in [5.74, 6) is -1.26. The zero-order chi connectivity index (χ0) is 13.3. The largest absolute Gasteiger partial charge is 0.480 e. The Labute approximate surface area is 107 Å². The Hall–Kier alpha value is -1.36. The summed E-state index contributed by atoms with van der Waals surface area (Å²) in [6.07, 6.45) is 6.47. The molecule has 0 saturated carbocycles.